The lowest BCUT2D eigenvalue weighted by Gasteiger charge is -2.05. The minimum absolute atomic E-state index is 0.0504. The first-order valence-electron chi connectivity index (χ1n) is 4.94. The molecule has 2 nitrogen and oxygen atoms in total. The number of hydrogen-bond acceptors (Lipinski definition) is 2. The van der Waals surface area contributed by atoms with E-state index in [9.17, 15) is 4.79 Å². The monoisotopic (exact) mass is 190 g/mol. The highest BCUT2D eigenvalue weighted by molar-refractivity contribution is 5.80. The van der Waals surface area contributed by atoms with Crippen LogP contribution in [0.4, 0.5) is 0 Å². The van der Waals surface area contributed by atoms with Crippen LogP contribution in [0.25, 0.3) is 0 Å². The minimum Gasteiger partial charge on any atom is -0.462 e. The van der Waals surface area contributed by atoms with Crippen molar-refractivity contribution in [1.29, 1.82) is 0 Å². The summed E-state index contributed by atoms with van der Waals surface area (Å²) in [6.45, 7) is 3.98. The largest absolute Gasteiger partial charge is 0.462 e. The molecule has 1 saturated heterocycles. The van der Waals surface area contributed by atoms with Crippen molar-refractivity contribution in [1.82, 2.24) is 0 Å². The van der Waals surface area contributed by atoms with Crippen LogP contribution in [-0.2, 0) is 9.53 Å². The number of aryl methyl sites for hydroxylation is 1. The Morgan fingerprint density at radius 2 is 1.93 bits per heavy atom. The Hall–Kier alpha value is -1.31. The molecule has 0 radical (unpaired) electrons. The normalized spacial score (nSPS) is 26.3. The summed E-state index contributed by atoms with van der Waals surface area (Å²) in [5.41, 5.74) is 2.29. The first kappa shape index (κ1) is 9.25. The van der Waals surface area contributed by atoms with Crippen molar-refractivity contribution < 1.29 is 9.53 Å². The maximum absolute atomic E-state index is 11.4. The lowest BCUT2D eigenvalue weighted by molar-refractivity contribution is -0.141. The molecule has 1 aromatic carbocycles. The summed E-state index contributed by atoms with van der Waals surface area (Å²) in [6, 6.07) is 8.09. The Bertz CT molecular complexity index is 340. The van der Waals surface area contributed by atoms with Gasteiger partial charge in [-0.15, -0.1) is 0 Å². The van der Waals surface area contributed by atoms with Crippen molar-refractivity contribution in [2.24, 2.45) is 0 Å². The summed E-state index contributed by atoms with van der Waals surface area (Å²) < 4.78 is 5.12. The van der Waals surface area contributed by atoms with Crippen LogP contribution in [0.5, 0.6) is 0 Å². The maximum atomic E-state index is 11.4. The third-order valence-corrected chi connectivity index (χ3v) is 2.65. The van der Waals surface area contributed by atoms with Crippen molar-refractivity contribution >= 4 is 5.97 Å². The second-order valence-corrected chi connectivity index (χ2v) is 3.95. The van der Waals surface area contributed by atoms with E-state index < -0.39 is 0 Å². The van der Waals surface area contributed by atoms with E-state index in [0.717, 1.165) is 12.0 Å². The second-order valence-electron chi connectivity index (χ2n) is 3.95. The number of carbonyl (C=O) groups excluding carboxylic acids is 1. The number of esters is 1. The maximum Gasteiger partial charge on any atom is 0.313 e. The van der Waals surface area contributed by atoms with Crippen molar-refractivity contribution in [2.45, 2.75) is 32.3 Å². The Morgan fingerprint density at radius 3 is 2.43 bits per heavy atom. The fourth-order valence-corrected chi connectivity index (χ4v) is 1.83. The van der Waals surface area contributed by atoms with Crippen molar-refractivity contribution in [3.63, 3.8) is 0 Å². The fraction of sp³-hybridized carbons (Fsp3) is 0.417. The number of cyclic esters (lactones) is 1. The number of hydrogen-bond donors (Lipinski definition) is 0. The van der Waals surface area contributed by atoms with Gasteiger partial charge in [-0.1, -0.05) is 29.8 Å². The number of carbonyl (C=O) groups is 1. The molecule has 1 heterocycles. The summed E-state index contributed by atoms with van der Waals surface area (Å²) in [5.74, 6) is -0.132. The molecule has 1 aliphatic heterocycles. The highest BCUT2D eigenvalue weighted by atomic mass is 16.5. The van der Waals surface area contributed by atoms with E-state index in [4.69, 9.17) is 4.74 Å². The Morgan fingerprint density at radius 1 is 1.29 bits per heavy atom. The smallest absolute Gasteiger partial charge is 0.313 e. The zero-order valence-corrected chi connectivity index (χ0v) is 8.49. The van der Waals surface area contributed by atoms with Crippen LogP contribution >= 0.6 is 0 Å². The van der Waals surface area contributed by atoms with E-state index in [1.165, 1.54) is 5.56 Å². The van der Waals surface area contributed by atoms with Crippen LogP contribution in [0.15, 0.2) is 24.3 Å². The molecule has 74 valence electrons. The lowest BCUT2D eigenvalue weighted by atomic mass is 9.95. The summed E-state index contributed by atoms with van der Waals surface area (Å²) in [6.07, 6.45) is 0.871. The molecule has 0 amide bonds. The van der Waals surface area contributed by atoms with Crippen LogP contribution < -0.4 is 0 Å². The third kappa shape index (κ3) is 1.65. The van der Waals surface area contributed by atoms with E-state index in [-0.39, 0.29) is 18.0 Å². The standard InChI is InChI=1S/C12H14O2/c1-8-3-5-10(6-4-8)11-7-9(2)14-12(11)13/h3-6,9,11H,7H2,1-2H3. The molecular formula is C12H14O2. The Labute approximate surface area is 83.9 Å². The predicted octanol–water partition coefficient (Wildman–Crippen LogP) is 2.41. The van der Waals surface area contributed by atoms with Gasteiger partial charge in [0.15, 0.2) is 0 Å². The summed E-state index contributed by atoms with van der Waals surface area (Å²) in [4.78, 5) is 11.4. The molecule has 1 fully saturated rings. The predicted molar refractivity (Wildman–Crippen MR) is 54.1 cm³/mol. The molecule has 2 unspecified atom stereocenters. The van der Waals surface area contributed by atoms with Crippen molar-refractivity contribution in [2.75, 3.05) is 0 Å². The minimum atomic E-state index is -0.0821. The molecular weight excluding hydrogens is 176 g/mol. The number of benzene rings is 1. The second kappa shape index (κ2) is 3.45. The van der Waals surface area contributed by atoms with Gasteiger partial charge in [0.1, 0.15) is 6.10 Å². The fourth-order valence-electron chi connectivity index (χ4n) is 1.83. The molecule has 1 aliphatic rings. The van der Waals surface area contributed by atoms with Gasteiger partial charge in [-0.05, 0) is 19.4 Å². The SMILES string of the molecule is Cc1ccc(C2CC(C)OC2=O)cc1. The van der Waals surface area contributed by atoms with E-state index in [1.807, 2.05) is 38.1 Å². The molecule has 0 saturated carbocycles. The highest BCUT2D eigenvalue weighted by Crippen LogP contribution is 2.30. The summed E-state index contributed by atoms with van der Waals surface area (Å²) in [5, 5.41) is 0. The third-order valence-electron chi connectivity index (χ3n) is 2.65. The topological polar surface area (TPSA) is 26.3 Å². The average molecular weight is 190 g/mol. The van der Waals surface area contributed by atoms with Gasteiger partial charge in [0.25, 0.3) is 0 Å². The molecule has 1 aromatic rings. The van der Waals surface area contributed by atoms with Crippen LogP contribution in [0.3, 0.4) is 0 Å². The van der Waals surface area contributed by atoms with Gasteiger partial charge >= 0.3 is 5.97 Å². The van der Waals surface area contributed by atoms with Gasteiger partial charge in [-0.3, -0.25) is 4.79 Å². The van der Waals surface area contributed by atoms with E-state index in [1.54, 1.807) is 0 Å². The van der Waals surface area contributed by atoms with Crippen molar-refractivity contribution in [3.8, 4) is 0 Å². The van der Waals surface area contributed by atoms with Gasteiger partial charge in [0.2, 0.25) is 0 Å². The van der Waals surface area contributed by atoms with Gasteiger partial charge in [0.05, 0.1) is 5.92 Å². The number of ether oxygens (including phenoxy) is 1. The highest BCUT2D eigenvalue weighted by Gasteiger charge is 2.32. The van der Waals surface area contributed by atoms with E-state index in [0.29, 0.717) is 0 Å². The number of rotatable bonds is 1. The molecule has 0 aliphatic carbocycles. The van der Waals surface area contributed by atoms with Gasteiger partial charge in [-0.25, -0.2) is 0 Å². The molecule has 14 heavy (non-hydrogen) atoms. The molecule has 0 bridgehead atoms. The zero-order valence-electron chi connectivity index (χ0n) is 8.49. The zero-order chi connectivity index (χ0) is 10.1. The van der Waals surface area contributed by atoms with Crippen LogP contribution in [0, 0.1) is 6.92 Å². The molecule has 2 atom stereocenters. The average Bonchev–Trinajstić information content (AvgIpc) is 2.47. The Kier molecular flexibility index (Phi) is 2.28. The molecule has 0 N–H and O–H groups in total. The van der Waals surface area contributed by atoms with Gasteiger partial charge in [-0.2, -0.15) is 0 Å². The summed E-state index contributed by atoms with van der Waals surface area (Å²) >= 11 is 0. The molecule has 2 heteroatoms. The molecule has 0 spiro atoms. The van der Waals surface area contributed by atoms with Gasteiger partial charge in [0, 0.05) is 6.42 Å². The molecule has 2 rings (SSSR count). The van der Waals surface area contributed by atoms with Crippen LogP contribution in [0.1, 0.15) is 30.4 Å². The van der Waals surface area contributed by atoms with E-state index in [2.05, 4.69) is 0 Å². The first-order valence-corrected chi connectivity index (χ1v) is 4.94. The summed E-state index contributed by atoms with van der Waals surface area (Å²) in [7, 11) is 0. The van der Waals surface area contributed by atoms with Crippen molar-refractivity contribution in [3.05, 3.63) is 35.4 Å². The Balaban J connectivity index is 2.23. The van der Waals surface area contributed by atoms with Gasteiger partial charge < -0.3 is 4.74 Å². The van der Waals surface area contributed by atoms with E-state index >= 15 is 0 Å². The van der Waals surface area contributed by atoms with Crippen LogP contribution in [-0.4, -0.2) is 12.1 Å². The van der Waals surface area contributed by atoms with Crippen LogP contribution in [0.2, 0.25) is 0 Å². The first-order chi connectivity index (χ1) is 6.66. The molecule has 0 aromatic heterocycles. The lowest BCUT2D eigenvalue weighted by Crippen LogP contribution is -2.05. The quantitative estimate of drug-likeness (QED) is 0.636.